The molecule has 0 fully saturated rings. The number of hydrogen-bond acceptors (Lipinski definition) is 5. The Morgan fingerprint density at radius 2 is 1.86 bits per heavy atom. The first-order chi connectivity index (χ1) is 9.54. The lowest BCUT2D eigenvalue weighted by molar-refractivity contribution is -0.122. The first-order valence-electron chi connectivity index (χ1n) is 6.21. The Kier molecular flexibility index (Phi) is 5.13. The van der Waals surface area contributed by atoms with Gasteiger partial charge < -0.3 is 14.8 Å². The van der Waals surface area contributed by atoms with Crippen molar-refractivity contribution >= 4 is 21.9 Å². The molecular weight excluding hydrogens is 300 g/mol. The van der Waals surface area contributed by atoms with Crippen molar-refractivity contribution in [1.29, 1.82) is 0 Å². The number of aryl methyl sites for hydroxylation is 1. The summed E-state index contributed by atoms with van der Waals surface area (Å²) in [6, 6.07) is -0.216. The molecule has 1 heterocycles. The standard InChI is InChI=1S/C12H18N2O6S/c1-6(2)13-11(15)7(3)14-21(18,19)10-5-9(12(16)17)20-8(10)4/h5-7,14H,1-4H3,(H,13,15)(H,16,17). The van der Waals surface area contributed by atoms with Crippen LogP contribution in [0.3, 0.4) is 0 Å². The minimum atomic E-state index is -4.05. The van der Waals surface area contributed by atoms with Gasteiger partial charge in [0, 0.05) is 12.1 Å². The summed E-state index contributed by atoms with van der Waals surface area (Å²) in [7, 11) is -4.05. The van der Waals surface area contributed by atoms with Crippen LogP contribution in [0.2, 0.25) is 0 Å². The van der Waals surface area contributed by atoms with Gasteiger partial charge >= 0.3 is 5.97 Å². The number of aromatic carboxylic acids is 1. The summed E-state index contributed by atoms with van der Waals surface area (Å²) in [4.78, 5) is 22.2. The quantitative estimate of drug-likeness (QED) is 0.700. The van der Waals surface area contributed by atoms with Crippen molar-refractivity contribution in [3.8, 4) is 0 Å². The van der Waals surface area contributed by atoms with Crippen molar-refractivity contribution < 1.29 is 27.5 Å². The van der Waals surface area contributed by atoms with Crippen LogP contribution in [-0.4, -0.2) is 37.5 Å². The highest BCUT2D eigenvalue weighted by atomic mass is 32.2. The van der Waals surface area contributed by atoms with Gasteiger partial charge in [0.05, 0.1) is 6.04 Å². The van der Waals surface area contributed by atoms with Crippen molar-refractivity contribution in [2.45, 2.75) is 44.7 Å². The van der Waals surface area contributed by atoms with Crippen molar-refractivity contribution in [3.05, 3.63) is 17.6 Å². The molecule has 1 aromatic rings. The average molecular weight is 318 g/mol. The molecule has 21 heavy (non-hydrogen) atoms. The molecule has 8 nitrogen and oxygen atoms in total. The number of carboxylic acid groups (broad SMARTS) is 1. The Bertz CT molecular complexity index is 647. The fourth-order valence-electron chi connectivity index (χ4n) is 1.60. The molecule has 0 saturated heterocycles. The van der Waals surface area contributed by atoms with Gasteiger partial charge in [-0.15, -0.1) is 0 Å². The monoisotopic (exact) mass is 318 g/mol. The van der Waals surface area contributed by atoms with Crippen molar-refractivity contribution in [1.82, 2.24) is 10.0 Å². The van der Waals surface area contributed by atoms with E-state index in [2.05, 4.69) is 10.0 Å². The normalized spacial score (nSPS) is 13.2. The zero-order valence-electron chi connectivity index (χ0n) is 12.1. The molecule has 1 atom stereocenters. The van der Waals surface area contributed by atoms with Gasteiger partial charge in [0.15, 0.2) is 0 Å². The van der Waals surface area contributed by atoms with Gasteiger partial charge in [-0.05, 0) is 27.7 Å². The van der Waals surface area contributed by atoms with Gasteiger partial charge in [0.2, 0.25) is 21.7 Å². The van der Waals surface area contributed by atoms with Crippen molar-refractivity contribution in [2.24, 2.45) is 0 Å². The van der Waals surface area contributed by atoms with Crippen LogP contribution in [0.4, 0.5) is 0 Å². The fourth-order valence-corrected chi connectivity index (χ4v) is 2.98. The van der Waals surface area contributed by atoms with Crippen LogP contribution in [0.25, 0.3) is 0 Å². The highest BCUT2D eigenvalue weighted by Crippen LogP contribution is 2.20. The van der Waals surface area contributed by atoms with Crippen LogP contribution in [-0.2, 0) is 14.8 Å². The number of rotatable bonds is 6. The molecule has 0 bridgehead atoms. The number of nitrogens with one attached hydrogen (secondary N) is 2. The maximum absolute atomic E-state index is 12.1. The van der Waals surface area contributed by atoms with E-state index < -0.39 is 33.7 Å². The molecule has 0 aliphatic rings. The van der Waals surface area contributed by atoms with E-state index in [1.807, 2.05) is 0 Å². The Morgan fingerprint density at radius 3 is 2.29 bits per heavy atom. The first-order valence-corrected chi connectivity index (χ1v) is 7.69. The second-order valence-corrected chi connectivity index (χ2v) is 6.52. The second kappa shape index (κ2) is 6.27. The second-order valence-electron chi connectivity index (χ2n) is 4.84. The van der Waals surface area contributed by atoms with E-state index >= 15 is 0 Å². The summed E-state index contributed by atoms with van der Waals surface area (Å²) in [5.41, 5.74) is 0. The van der Waals surface area contributed by atoms with Crippen molar-refractivity contribution in [3.63, 3.8) is 0 Å². The van der Waals surface area contributed by atoms with E-state index in [0.717, 1.165) is 6.07 Å². The van der Waals surface area contributed by atoms with Gasteiger partial charge in [-0.2, -0.15) is 4.72 Å². The molecule has 1 amide bonds. The fraction of sp³-hybridized carbons (Fsp3) is 0.500. The predicted octanol–water partition coefficient (Wildman–Crippen LogP) is 0.478. The molecule has 1 aromatic heterocycles. The number of carbonyl (C=O) groups is 2. The van der Waals surface area contributed by atoms with Crippen LogP contribution >= 0.6 is 0 Å². The molecule has 9 heteroatoms. The zero-order chi connectivity index (χ0) is 16.4. The number of furan rings is 1. The lowest BCUT2D eigenvalue weighted by Crippen LogP contribution is -2.46. The van der Waals surface area contributed by atoms with Gasteiger partial charge in [-0.1, -0.05) is 0 Å². The zero-order valence-corrected chi connectivity index (χ0v) is 12.9. The molecule has 0 aliphatic heterocycles. The summed E-state index contributed by atoms with van der Waals surface area (Å²) >= 11 is 0. The third-order valence-corrected chi connectivity index (χ3v) is 4.18. The summed E-state index contributed by atoms with van der Waals surface area (Å²) in [6.07, 6.45) is 0. The van der Waals surface area contributed by atoms with Gasteiger partial charge in [0.25, 0.3) is 0 Å². The number of carbonyl (C=O) groups excluding carboxylic acids is 1. The number of hydrogen-bond donors (Lipinski definition) is 3. The summed E-state index contributed by atoms with van der Waals surface area (Å²) in [5.74, 6) is -2.39. The third-order valence-electron chi connectivity index (χ3n) is 2.53. The van der Waals surface area contributed by atoms with Crippen LogP contribution in [0.15, 0.2) is 15.4 Å². The van der Waals surface area contributed by atoms with Gasteiger partial charge in [-0.3, -0.25) is 4.79 Å². The summed E-state index contributed by atoms with van der Waals surface area (Å²) < 4.78 is 31.3. The lowest BCUT2D eigenvalue weighted by atomic mass is 10.3. The summed E-state index contributed by atoms with van der Waals surface area (Å²) in [5, 5.41) is 11.4. The molecule has 118 valence electrons. The minimum Gasteiger partial charge on any atom is -0.475 e. The first kappa shape index (κ1) is 17.2. The maximum atomic E-state index is 12.1. The highest BCUT2D eigenvalue weighted by molar-refractivity contribution is 7.89. The smallest absolute Gasteiger partial charge is 0.371 e. The predicted molar refractivity (Wildman–Crippen MR) is 73.5 cm³/mol. The van der Waals surface area contributed by atoms with Crippen LogP contribution < -0.4 is 10.0 Å². The number of sulfonamides is 1. The largest absolute Gasteiger partial charge is 0.475 e. The molecule has 0 spiro atoms. The van der Waals surface area contributed by atoms with Crippen molar-refractivity contribution in [2.75, 3.05) is 0 Å². The molecule has 3 N–H and O–H groups in total. The van der Waals surface area contributed by atoms with Crippen LogP contribution in [0, 0.1) is 6.92 Å². The molecular formula is C12H18N2O6S. The highest BCUT2D eigenvalue weighted by Gasteiger charge is 2.27. The number of carboxylic acids is 1. The Balaban J connectivity index is 2.96. The van der Waals surface area contributed by atoms with Crippen LogP contribution in [0.5, 0.6) is 0 Å². The maximum Gasteiger partial charge on any atom is 0.371 e. The molecule has 0 aliphatic carbocycles. The van der Waals surface area contributed by atoms with E-state index in [0.29, 0.717) is 0 Å². The molecule has 1 rings (SSSR count). The van der Waals surface area contributed by atoms with E-state index in [1.54, 1.807) is 13.8 Å². The SMILES string of the molecule is Cc1oc(C(=O)O)cc1S(=O)(=O)NC(C)C(=O)NC(C)C. The third kappa shape index (κ3) is 4.30. The average Bonchev–Trinajstić information content (AvgIpc) is 2.70. The van der Waals surface area contributed by atoms with E-state index in [4.69, 9.17) is 9.52 Å². The molecule has 0 saturated carbocycles. The van der Waals surface area contributed by atoms with Crippen LogP contribution in [0.1, 0.15) is 37.1 Å². The Hall–Kier alpha value is -1.87. The molecule has 0 radical (unpaired) electrons. The number of amides is 1. The molecule has 1 unspecified atom stereocenters. The Labute approximate surface area is 122 Å². The van der Waals surface area contributed by atoms with Gasteiger partial charge in [-0.25, -0.2) is 13.2 Å². The summed E-state index contributed by atoms with van der Waals surface area (Å²) in [6.45, 7) is 6.22. The topological polar surface area (TPSA) is 126 Å². The lowest BCUT2D eigenvalue weighted by Gasteiger charge is -2.15. The Morgan fingerprint density at radius 1 is 1.29 bits per heavy atom. The minimum absolute atomic E-state index is 0.0589. The van der Waals surface area contributed by atoms with Gasteiger partial charge in [0.1, 0.15) is 10.7 Å². The molecule has 0 aromatic carbocycles. The van der Waals surface area contributed by atoms with E-state index in [-0.39, 0.29) is 16.7 Å². The van der Waals surface area contributed by atoms with E-state index in [9.17, 15) is 18.0 Å². The van der Waals surface area contributed by atoms with E-state index in [1.165, 1.54) is 13.8 Å².